The first-order valence-corrected chi connectivity index (χ1v) is 7.53. The molecule has 1 aliphatic rings. The molecular formula is C18H19N3O2. The lowest BCUT2D eigenvalue weighted by atomic mass is 10.1. The molecule has 1 aliphatic heterocycles. The number of aliphatic imine (C=N–C) groups is 1. The number of benzodiazepines with no additional fused rings is 1. The molecule has 0 saturated heterocycles. The average Bonchev–Trinajstić information content (AvgIpc) is 2.76. The van der Waals surface area contributed by atoms with E-state index >= 15 is 0 Å². The lowest BCUT2D eigenvalue weighted by molar-refractivity contribution is -0.120. The van der Waals surface area contributed by atoms with E-state index in [9.17, 15) is 4.79 Å². The van der Waals surface area contributed by atoms with Gasteiger partial charge in [-0.1, -0.05) is 17.7 Å². The van der Waals surface area contributed by atoms with Crippen LogP contribution in [0.1, 0.15) is 11.1 Å². The predicted octanol–water partition coefficient (Wildman–Crippen LogP) is 2.42. The number of anilines is 2. The van der Waals surface area contributed by atoms with Crippen LogP contribution < -0.4 is 15.4 Å². The molecule has 0 atom stereocenters. The quantitative estimate of drug-likeness (QED) is 0.885. The average molecular weight is 309 g/mol. The fraction of sp³-hybridized carbons (Fsp3) is 0.222. The number of nitrogens with zero attached hydrogens (tertiary/aromatic N) is 2. The van der Waals surface area contributed by atoms with Gasteiger partial charge in [-0.3, -0.25) is 9.79 Å². The molecule has 0 bridgehead atoms. The van der Waals surface area contributed by atoms with Crippen LogP contribution in [0.5, 0.6) is 5.75 Å². The summed E-state index contributed by atoms with van der Waals surface area (Å²) < 4.78 is 5.60. The predicted molar refractivity (Wildman–Crippen MR) is 92.3 cm³/mol. The second kappa shape index (κ2) is 6.52. The first kappa shape index (κ1) is 15.1. The molecule has 1 amide bonds. The molecule has 0 unspecified atom stereocenters. The summed E-state index contributed by atoms with van der Waals surface area (Å²) in [5, 5.41) is 0. The van der Waals surface area contributed by atoms with Crippen molar-refractivity contribution < 1.29 is 9.53 Å². The highest BCUT2D eigenvalue weighted by molar-refractivity contribution is 6.01. The highest BCUT2D eigenvalue weighted by Gasteiger charge is 2.20. The van der Waals surface area contributed by atoms with Gasteiger partial charge < -0.3 is 15.4 Å². The summed E-state index contributed by atoms with van der Waals surface area (Å²) in [6.45, 7) is 3.09. The molecule has 2 N–H and O–H groups in total. The van der Waals surface area contributed by atoms with Crippen LogP contribution in [-0.4, -0.2) is 31.8 Å². The van der Waals surface area contributed by atoms with E-state index in [2.05, 4.69) is 4.99 Å². The highest BCUT2D eigenvalue weighted by Crippen LogP contribution is 2.24. The molecule has 5 nitrogen and oxygen atoms in total. The molecule has 0 spiro atoms. The summed E-state index contributed by atoms with van der Waals surface area (Å²) in [5.74, 6) is 0.592. The molecule has 23 heavy (non-hydrogen) atoms. The SMILES string of the molecule is Cc1ccc(OCC(=O)N2CCN=Cc3cc(N)ccc32)cc1. The molecule has 5 heteroatoms. The Morgan fingerprint density at radius 1 is 1.26 bits per heavy atom. The third kappa shape index (κ3) is 3.51. The first-order chi connectivity index (χ1) is 11.1. The second-order valence-corrected chi connectivity index (χ2v) is 5.50. The van der Waals surface area contributed by atoms with Crippen LogP contribution in [0.2, 0.25) is 0 Å². The Morgan fingerprint density at radius 3 is 2.83 bits per heavy atom. The van der Waals surface area contributed by atoms with Crippen LogP contribution in [0.4, 0.5) is 11.4 Å². The number of nitrogen functional groups attached to an aromatic ring is 1. The monoisotopic (exact) mass is 309 g/mol. The zero-order valence-corrected chi connectivity index (χ0v) is 13.0. The first-order valence-electron chi connectivity index (χ1n) is 7.53. The van der Waals surface area contributed by atoms with Gasteiger partial charge >= 0.3 is 0 Å². The Kier molecular flexibility index (Phi) is 4.28. The van der Waals surface area contributed by atoms with Crippen molar-refractivity contribution in [2.24, 2.45) is 4.99 Å². The fourth-order valence-electron chi connectivity index (χ4n) is 2.48. The van der Waals surface area contributed by atoms with Gasteiger partial charge in [-0.25, -0.2) is 0 Å². The molecule has 0 saturated carbocycles. The van der Waals surface area contributed by atoms with Crippen molar-refractivity contribution in [3.8, 4) is 5.75 Å². The van der Waals surface area contributed by atoms with Gasteiger partial charge in [0.05, 0.1) is 12.2 Å². The number of carbonyl (C=O) groups excluding carboxylic acids is 1. The molecule has 1 heterocycles. The number of nitrogens with two attached hydrogens (primary N) is 1. The van der Waals surface area contributed by atoms with Crippen molar-refractivity contribution in [2.75, 3.05) is 30.3 Å². The van der Waals surface area contributed by atoms with Gasteiger partial charge in [-0.15, -0.1) is 0 Å². The van der Waals surface area contributed by atoms with E-state index in [4.69, 9.17) is 10.5 Å². The summed E-state index contributed by atoms with van der Waals surface area (Å²) in [4.78, 5) is 18.6. The minimum absolute atomic E-state index is 0.00707. The maximum Gasteiger partial charge on any atom is 0.264 e. The summed E-state index contributed by atoms with van der Waals surface area (Å²) in [6.07, 6.45) is 1.76. The molecular weight excluding hydrogens is 290 g/mol. The van der Waals surface area contributed by atoms with Gasteiger partial charge in [0.25, 0.3) is 5.91 Å². The third-order valence-electron chi connectivity index (χ3n) is 3.71. The number of carbonyl (C=O) groups is 1. The minimum atomic E-state index is -0.0953. The summed E-state index contributed by atoms with van der Waals surface area (Å²) >= 11 is 0. The van der Waals surface area contributed by atoms with Gasteiger partial charge in [0.2, 0.25) is 0 Å². The molecule has 2 aromatic carbocycles. The minimum Gasteiger partial charge on any atom is -0.484 e. The van der Waals surface area contributed by atoms with Crippen LogP contribution in [0.3, 0.4) is 0 Å². The largest absolute Gasteiger partial charge is 0.484 e. The van der Waals surface area contributed by atoms with Crippen LogP contribution in [0.25, 0.3) is 0 Å². The van der Waals surface area contributed by atoms with Gasteiger partial charge in [-0.05, 0) is 37.3 Å². The molecule has 2 aromatic rings. The van der Waals surface area contributed by atoms with Crippen molar-refractivity contribution in [3.63, 3.8) is 0 Å². The zero-order valence-electron chi connectivity index (χ0n) is 13.0. The number of benzene rings is 2. The van der Waals surface area contributed by atoms with E-state index in [0.717, 1.165) is 16.8 Å². The lowest BCUT2D eigenvalue weighted by Gasteiger charge is -2.22. The van der Waals surface area contributed by atoms with E-state index in [1.165, 1.54) is 0 Å². The van der Waals surface area contributed by atoms with Crippen molar-refractivity contribution in [1.29, 1.82) is 0 Å². The standard InChI is InChI=1S/C18H19N3O2/c1-13-2-5-16(6-3-13)23-12-18(22)21-9-8-20-11-14-10-15(19)4-7-17(14)21/h2-7,10-11H,8-9,12,19H2,1H3. The van der Waals surface area contributed by atoms with Crippen molar-refractivity contribution in [1.82, 2.24) is 0 Å². The van der Waals surface area contributed by atoms with Crippen LogP contribution in [0, 0.1) is 6.92 Å². The Balaban J connectivity index is 1.74. The number of hydrogen-bond donors (Lipinski definition) is 1. The zero-order chi connectivity index (χ0) is 16.2. The van der Waals surface area contributed by atoms with Crippen LogP contribution in [0.15, 0.2) is 47.5 Å². The Hall–Kier alpha value is -2.82. The lowest BCUT2D eigenvalue weighted by Crippen LogP contribution is -2.36. The van der Waals surface area contributed by atoms with E-state index in [1.54, 1.807) is 17.2 Å². The summed E-state index contributed by atoms with van der Waals surface area (Å²) in [6, 6.07) is 13.1. The van der Waals surface area contributed by atoms with E-state index in [1.807, 2.05) is 43.3 Å². The number of amides is 1. The van der Waals surface area contributed by atoms with Crippen molar-refractivity contribution >= 4 is 23.5 Å². The van der Waals surface area contributed by atoms with Crippen molar-refractivity contribution in [3.05, 3.63) is 53.6 Å². The van der Waals surface area contributed by atoms with E-state index in [0.29, 0.717) is 24.5 Å². The number of hydrogen-bond acceptors (Lipinski definition) is 4. The van der Waals surface area contributed by atoms with Crippen LogP contribution >= 0.6 is 0 Å². The van der Waals surface area contributed by atoms with E-state index in [-0.39, 0.29) is 12.5 Å². The van der Waals surface area contributed by atoms with Crippen molar-refractivity contribution in [2.45, 2.75) is 6.92 Å². The van der Waals surface area contributed by atoms with Gasteiger partial charge in [0.15, 0.2) is 6.61 Å². The topological polar surface area (TPSA) is 67.9 Å². The Labute approximate surface area is 135 Å². The highest BCUT2D eigenvalue weighted by atomic mass is 16.5. The third-order valence-corrected chi connectivity index (χ3v) is 3.71. The Morgan fingerprint density at radius 2 is 2.04 bits per heavy atom. The van der Waals surface area contributed by atoms with Crippen LogP contribution in [-0.2, 0) is 4.79 Å². The number of ether oxygens (including phenoxy) is 1. The maximum atomic E-state index is 12.6. The normalized spacial score (nSPS) is 13.3. The Bertz CT molecular complexity index is 738. The van der Waals surface area contributed by atoms with Gasteiger partial charge in [-0.2, -0.15) is 0 Å². The summed E-state index contributed by atoms with van der Waals surface area (Å²) in [7, 11) is 0. The number of fused-ring (bicyclic) bond motifs is 1. The summed E-state index contributed by atoms with van der Waals surface area (Å²) in [5.41, 5.74) is 9.29. The smallest absolute Gasteiger partial charge is 0.264 e. The molecule has 0 aliphatic carbocycles. The fourth-order valence-corrected chi connectivity index (χ4v) is 2.48. The molecule has 3 rings (SSSR count). The molecule has 0 aromatic heterocycles. The molecule has 0 fully saturated rings. The molecule has 118 valence electrons. The molecule has 0 radical (unpaired) electrons. The van der Waals surface area contributed by atoms with Gasteiger partial charge in [0, 0.05) is 24.0 Å². The van der Waals surface area contributed by atoms with Gasteiger partial charge in [0.1, 0.15) is 5.75 Å². The number of aryl methyl sites for hydroxylation is 1. The number of rotatable bonds is 3. The van der Waals surface area contributed by atoms with E-state index < -0.39 is 0 Å². The second-order valence-electron chi connectivity index (χ2n) is 5.50. The maximum absolute atomic E-state index is 12.6.